The van der Waals surface area contributed by atoms with E-state index in [0.717, 1.165) is 11.1 Å². The van der Waals surface area contributed by atoms with E-state index in [1.165, 1.54) is 7.11 Å². The molecule has 0 spiro atoms. The fourth-order valence-electron chi connectivity index (χ4n) is 2.96. The van der Waals surface area contributed by atoms with Crippen LogP contribution in [-0.2, 0) is 11.3 Å². The van der Waals surface area contributed by atoms with E-state index < -0.39 is 11.8 Å². The van der Waals surface area contributed by atoms with Crippen LogP contribution in [0.5, 0.6) is 5.75 Å². The van der Waals surface area contributed by atoms with Crippen molar-refractivity contribution in [2.45, 2.75) is 13.5 Å². The summed E-state index contributed by atoms with van der Waals surface area (Å²) in [5.74, 6) is -1.84. The Morgan fingerprint density at radius 3 is 2.44 bits per heavy atom. The van der Waals surface area contributed by atoms with Crippen molar-refractivity contribution >= 4 is 34.3 Å². The number of aliphatic carboxylic acids is 1. The molecule has 3 rings (SSSR count). The Kier molecular flexibility index (Phi) is 4.51. The SMILES string of the molecule is COc1ccc2c(c1)c(C(=O)C(=O)O)c(C)n2Cc1ccc(Cl)cc1. The van der Waals surface area contributed by atoms with Gasteiger partial charge in [-0.2, -0.15) is 0 Å². The van der Waals surface area contributed by atoms with Gasteiger partial charge in [-0.15, -0.1) is 0 Å². The number of ketones is 1. The van der Waals surface area contributed by atoms with Gasteiger partial charge in [0.05, 0.1) is 12.7 Å². The standard InChI is InChI=1S/C19H16ClNO4/c1-11-17(18(22)19(23)24)15-9-14(25-2)7-8-16(15)21(11)10-12-3-5-13(20)6-4-12/h3-9H,10H2,1-2H3,(H,23,24). The Bertz CT molecular complexity index is 973. The molecular weight excluding hydrogens is 342 g/mol. The van der Waals surface area contributed by atoms with E-state index in [9.17, 15) is 14.7 Å². The smallest absolute Gasteiger partial charge is 0.377 e. The summed E-state index contributed by atoms with van der Waals surface area (Å²) >= 11 is 5.92. The van der Waals surface area contributed by atoms with Gasteiger partial charge in [-0.25, -0.2) is 4.79 Å². The predicted molar refractivity (Wildman–Crippen MR) is 95.7 cm³/mol. The Labute approximate surface area is 149 Å². The normalized spacial score (nSPS) is 10.8. The van der Waals surface area contributed by atoms with Crippen LogP contribution in [0, 0.1) is 6.92 Å². The van der Waals surface area contributed by atoms with E-state index in [2.05, 4.69) is 0 Å². The van der Waals surface area contributed by atoms with Gasteiger partial charge >= 0.3 is 5.97 Å². The molecular formula is C19H16ClNO4. The number of rotatable bonds is 5. The van der Waals surface area contributed by atoms with Gasteiger partial charge in [0.25, 0.3) is 5.78 Å². The number of fused-ring (bicyclic) bond motifs is 1. The van der Waals surface area contributed by atoms with Gasteiger partial charge in [0, 0.05) is 28.2 Å². The summed E-state index contributed by atoms with van der Waals surface area (Å²) in [5.41, 5.74) is 2.56. The second-order valence-corrected chi connectivity index (χ2v) is 6.13. The number of nitrogens with zero attached hydrogens (tertiary/aromatic N) is 1. The lowest BCUT2D eigenvalue weighted by Gasteiger charge is -2.09. The lowest BCUT2D eigenvalue weighted by atomic mass is 10.1. The zero-order chi connectivity index (χ0) is 18.1. The fraction of sp³-hybridized carbons (Fsp3) is 0.158. The maximum absolute atomic E-state index is 12.2. The summed E-state index contributed by atoms with van der Waals surface area (Å²) in [7, 11) is 1.53. The molecule has 3 aromatic rings. The van der Waals surface area contributed by atoms with Crippen molar-refractivity contribution in [3.05, 3.63) is 64.3 Å². The van der Waals surface area contributed by atoms with Crippen molar-refractivity contribution in [1.29, 1.82) is 0 Å². The first kappa shape index (κ1) is 17.0. The highest BCUT2D eigenvalue weighted by atomic mass is 35.5. The average Bonchev–Trinajstić information content (AvgIpc) is 2.87. The first-order valence-electron chi connectivity index (χ1n) is 7.61. The summed E-state index contributed by atoms with van der Waals surface area (Å²) in [6.45, 7) is 2.25. The number of hydrogen-bond acceptors (Lipinski definition) is 3. The van der Waals surface area contributed by atoms with Gasteiger partial charge < -0.3 is 14.4 Å². The van der Waals surface area contributed by atoms with Gasteiger partial charge in [0.1, 0.15) is 5.75 Å². The lowest BCUT2D eigenvalue weighted by molar-refractivity contribution is -0.131. The Hall–Kier alpha value is -2.79. The van der Waals surface area contributed by atoms with Crippen LogP contribution in [0.2, 0.25) is 5.02 Å². The molecule has 0 aliphatic rings. The molecule has 1 aromatic heterocycles. The molecule has 0 fully saturated rings. The van der Waals surface area contributed by atoms with Crippen molar-refractivity contribution in [3.8, 4) is 5.75 Å². The quantitative estimate of drug-likeness (QED) is 0.555. The monoisotopic (exact) mass is 357 g/mol. The molecule has 6 heteroatoms. The topological polar surface area (TPSA) is 68.5 Å². The third-order valence-electron chi connectivity index (χ3n) is 4.21. The average molecular weight is 358 g/mol. The van der Waals surface area contributed by atoms with Crippen molar-refractivity contribution in [2.24, 2.45) is 0 Å². The number of methoxy groups -OCH3 is 1. The number of carbonyl (C=O) groups excluding carboxylic acids is 1. The van der Waals surface area contributed by atoms with Crippen LogP contribution in [0.4, 0.5) is 0 Å². The van der Waals surface area contributed by atoms with Crippen molar-refractivity contribution < 1.29 is 19.4 Å². The number of benzene rings is 2. The number of Topliss-reactive ketones (excluding diaryl/α,β-unsaturated/α-hetero) is 1. The third-order valence-corrected chi connectivity index (χ3v) is 4.46. The van der Waals surface area contributed by atoms with Crippen molar-refractivity contribution in [2.75, 3.05) is 7.11 Å². The Morgan fingerprint density at radius 1 is 1.16 bits per heavy atom. The second-order valence-electron chi connectivity index (χ2n) is 5.69. The molecule has 0 unspecified atom stereocenters. The number of ether oxygens (including phenoxy) is 1. The number of carboxylic acids is 1. The molecule has 1 heterocycles. The van der Waals surface area contributed by atoms with E-state index >= 15 is 0 Å². The predicted octanol–water partition coefficient (Wildman–Crippen LogP) is 3.93. The minimum absolute atomic E-state index is 0.190. The molecule has 0 aliphatic heterocycles. The molecule has 0 saturated heterocycles. The highest BCUT2D eigenvalue weighted by molar-refractivity contribution is 6.42. The van der Waals surface area contributed by atoms with Crippen molar-refractivity contribution in [3.63, 3.8) is 0 Å². The van der Waals surface area contributed by atoms with Crippen LogP contribution in [0.15, 0.2) is 42.5 Å². The van der Waals surface area contributed by atoms with Crippen LogP contribution in [-0.4, -0.2) is 28.5 Å². The lowest BCUT2D eigenvalue weighted by Crippen LogP contribution is -2.14. The number of halogens is 1. The summed E-state index contributed by atoms with van der Waals surface area (Å²) in [4.78, 5) is 23.5. The highest BCUT2D eigenvalue weighted by Crippen LogP contribution is 2.30. The van der Waals surface area contributed by atoms with E-state index in [1.807, 2.05) is 22.8 Å². The van der Waals surface area contributed by atoms with Crippen LogP contribution in [0.1, 0.15) is 21.6 Å². The summed E-state index contributed by atoms with van der Waals surface area (Å²) in [6, 6.07) is 12.7. The molecule has 2 aromatic carbocycles. The van der Waals surface area contributed by atoms with Gasteiger partial charge in [0.2, 0.25) is 0 Å². The molecule has 128 valence electrons. The van der Waals surface area contributed by atoms with Crippen LogP contribution >= 0.6 is 11.6 Å². The maximum Gasteiger partial charge on any atom is 0.377 e. The van der Waals surface area contributed by atoms with Gasteiger partial charge in [0.15, 0.2) is 0 Å². The second kappa shape index (κ2) is 6.61. The number of aromatic nitrogens is 1. The van der Waals surface area contributed by atoms with Gasteiger partial charge in [-0.05, 0) is 42.8 Å². The van der Waals surface area contributed by atoms with E-state index in [0.29, 0.717) is 28.4 Å². The zero-order valence-electron chi connectivity index (χ0n) is 13.7. The number of carbonyl (C=O) groups is 2. The largest absolute Gasteiger partial charge is 0.497 e. The van der Waals surface area contributed by atoms with E-state index in [4.69, 9.17) is 16.3 Å². The molecule has 0 atom stereocenters. The first-order valence-corrected chi connectivity index (χ1v) is 7.99. The molecule has 5 nitrogen and oxygen atoms in total. The van der Waals surface area contributed by atoms with E-state index in [1.54, 1.807) is 31.2 Å². The minimum atomic E-state index is -1.48. The van der Waals surface area contributed by atoms with Crippen LogP contribution in [0.25, 0.3) is 10.9 Å². The molecule has 25 heavy (non-hydrogen) atoms. The summed E-state index contributed by atoms with van der Waals surface area (Å²) < 4.78 is 7.14. The fourth-order valence-corrected chi connectivity index (χ4v) is 3.08. The molecule has 0 amide bonds. The molecule has 0 saturated carbocycles. The Morgan fingerprint density at radius 2 is 1.84 bits per heavy atom. The zero-order valence-corrected chi connectivity index (χ0v) is 14.5. The van der Waals surface area contributed by atoms with Gasteiger partial charge in [-0.3, -0.25) is 4.79 Å². The molecule has 0 bridgehead atoms. The maximum atomic E-state index is 12.2. The number of carboxylic acid groups (broad SMARTS) is 1. The summed E-state index contributed by atoms with van der Waals surface area (Å²) in [5, 5.41) is 10.4. The van der Waals surface area contributed by atoms with Crippen LogP contribution < -0.4 is 4.74 Å². The van der Waals surface area contributed by atoms with Crippen molar-refractivity contribution in [1.82, 2.24) is 4.57 Å². The van der Waals surface area contributed by atoms with Crippen LogP contribution in [0.3, 0.4) is 0 Å². The van der Waals surface area contributed by atoms with Gasteiger partial charge in [-0.1, -0.05) is 23.7 Å². The van der Waals surface area contributed by atoms with E-state index in [-0.39, 0.29) is 5.56 Å². The summed E-state index contributed by atoms with van der Waals surface area (Å²) in [6.07, 6.45) is 0. The third kappa shape index (κ3) is 3.10. The molecule has 0 aliphatic carbocycles. The number of hydrogen-bond donors (Lipinski definition) is 1. The minimum Gasteiger partial charge on any atom is -0.497 e. The molecule has 1 N–H and O–H groups in total. The first-order chi connectivity index (χ1) is 11.9. The highest BCUT2D eigenvalue weighted by Gasteiger charge is 2.25. The Balaban J connectivity index is 2.21. The molecule has 0 radical (unpaired) electrons.